The second-order valence-corrected chi connectivity index (χ2v) is 4.61. The molecule has 2 rings (SSSR count). The van der Waals surface area contributed by atoms with E-state index in [9.17, 15) is 18.3 Å². The van der Waals surface area contributed by atoms with Crippen molar-refractivity contribution < 1.29 is 18.3 Å². The Morgan fingerprint density at radius 3 is 2.58 bits per heavy atom. The maximum absolute atomic E-state index is 12.5. The molecular weight excluding hydrogens is 257 g/mol. The van der Waals surface area contributed by atoms with Crippen molar-refractivity contribution in [1.29, 1.82) is 0 Å². The number of hydrogen-bond donors (Lipinski definition) is 2. The van der Waals surface area contributed by atoms with Crippen LogP contribution in [0, 0.1) is 0 Å². The van der Waals surface area contributed by atoms with Gasteiger partial charge in [-0.1, -0.05) is 12.1 Å². The van der Waals surface area contributed by atoms with Crippen LogP contribution in [-0.4, -0.2) is 29.3 Å². The maximum atomic E-state index is 12.5. The van der Waals surface area contributed by atoms with E-state index < -0.39 is 11.7 Å². The van der Waals surface area contributed by atoms with Crippen molar-refractivity contribution in [2.24, 2.45) is 0 Å². The van der Waals surface area contributed by atoms with E-state index in [1.165, 1.54) is 12.1 Å². The summed E-state index contributed by atoms with van der Waals surface area (Å²) in [6, 6.07) is 4.85. The van der Waals surface area contributed by atoms with Crippen LogP contribution in [0.4, 0.5) is 18.9 Å². The van der Waals surface area contributed by atoms with Crippen LogP contribution in [0.3, 0.4) is 0 Å². The Hall–Kier alpha value is -1.69. The molecule has 3 N–H and O–H groups in total. The Morgan fingerprint density at radius 1 is 1.32 bits per heavy atom. The molecule has 0 aliphatic carbocycles. The zero-order valence-electron chi connectivity index (χ0n) is 10.2. The number of halogens is 3. The van der Waals surface area contributed by atoms with Gasteiger partial charge in [-0.3, -0.25) is 4.90 Å². The van der Waals surface area contributed by atoms with Crippen LogP contribution in [0.1, 0.15) is 12.0 Å². The molecule has 6 heteroatoms. The van der Waals surface area contributed by atoms with Gasteiger partial charge in [0.25, 0.3) is 0 Å². The summed E-state index contributed by atoms with van der Waals surface area (Å²) in [5, 5.41) is 9.30. The van der Waals surface area contributed by atoms with Gasteiger partial charge in [-0.25, -0.2) is 0 Å². The minimum absolute atomic E-state index is 0.0110. The van der Waals surface area contributed by atoms with Gasteiger partial charge in [-0.15, -0.1) is 0 Å². The molecule has 3 nitrogen and oxygen atoms in total. The SMILES string of the molecule is Nc1cc(CN2CC=C(C(F)(F)F)CC2)ccc1O. The van der Waals surface area contributed by atoms with Gasteiger partial charge in [0, 0.05) is 25.2 Å². The van der Waals surface area contributed by atoms with Crippen molar-refractivity contribution in [3.8, 4) is 5.75 Å². The summed E-state index contributed by atoms with van der Waals surface area (Å²) in [7, 11) is 0. The lowest BCUT2D eigenvalue weighted by atomic mass is 10.1. The lowest BCUT2D eigenvalue weighted by Crippen LogP contribution is -2.31. The molecule has 1 aromatic carbocycles. The molecule has 0 saturated carbocycles. The molecule has 0 saturated heterocycles. The highest BCUT2D eigenvalue weighted by Gasteiger charge is 2.34. The fourth-order valence-corrected chi connectivity index (χ4v) is 2.07. The fraction of sp³-hybridized carbons (Fsp3) is 0.385. The van der Waals surface area contributed by atoms with E-state index in [1.54, 1.807) is 12.1 Å². The van der Waals surface area contributed by atoms with Crippen LogP contribution in [0.15, 0.2) is 29.8 Å². The summed E-state index contributed by atoms with van der Waals surface area (Å²) in [5.41, 5.74) is 6.28. The van der Waals surface area contributed by atoms with Crippen molar-refractivity contribution >= 4 is 5.69 Å². The number of anilines is 1. The lowest BCUT2D eigenvalue weighted by Gasteiger charge is -2.27. The van der Waals surface area contributed by atoms with E-state index in [0.717, 1.165) is 5.56 Å². The standard InChI is InChI=1S/C13H15F3N2O/c14-13(15,16)10-3-5-18(6-4-10)8-9-1-2-12(19)11(17)7-9/h1-3,7,19H,4-6,8,17H2. The molecule has 0 spiro atoms. The highest BCUT2D eigenvalue weighted by atomic mass is 19.4. The summed E-state index contributed by atoms with van der Waals surface area (Å²) in [6.07, 6.45) is -2.97. The van der Waals surface area contributed by atoms with Crippen LogP contribution in [-0.2, 0) is 6.54 Å². The summed E-state index contributed by atoms with van der Waals surface area (Å²) in [6.45, 7) is 1.16. The smallest absolute Gasteiger partial charge is 0.412 e. The van der Waals surface area contributed by atoms with Crippen molar-refractivity contribution in [3.05, 3.63) is 35.4 Å². The Labute approximate surface area is 109 Å². The molecule has 1 aliphatic heterocycles. The number of rotatable bonds is 2. The first-order valence-electron chi connectivity index (χ1n) is 5.92. The van der Waals surface area contributed by atoms with Crippen molar-refractivity contribution in [3.63, 3.8) is 0 Å². The third-order valence-corrected chi connectivity index (χ3v) is 3.16. The van der Waals surface area contributed by atoms with E-state index >= 15 is 0 Å². The zero-order valence-corrected chi connectivity index (χ0v) is 10.2. The topological polar surface area (TPSA) is 49.5 Å². The predicted molar refractivity (Wildman–Crippen MR) is 66.6 cm³/mol. The summed E-state index contributed by atoms with van der Waals surface area (Å²) >= 11 is 0. The molecular formula is C13H15F3N2O. The molecule has 0 fully saturated rings. The van der Waals surface area contributed by atoms with Crippen LogP contribution in [0.2, 0.25) is 0 Å². The fourth-order valence-electron chi connectivity index (χ4n) is 2.07. The second-order valence-electron chi connectivity index (χ2n) is 4.61. The van der Waals surface area contributed by atoms with Crippen LogP contribution >= 0.6 is 0 Å². The van der Waals surface area contributed by atoms with E-state index in [1.807, 2.05) is 4.90 Å². The number of phenols is 1. The number of nitrogen functional groups attached to an aromatic ring is 1. The van der Waals surface area contributed by atoms with Crippen LogP contribution in [0.25, 0.3) is 0 Å². The highest BCUT2D eigenvalue weighted by Crippen LogP contribution is 2.30. The number of benzene rings is 1. The number of nitrogens with zero attached hydrogens (tertiary/aromatic N) is 1. The molecule has 0 radical (unpaired) electrons. The number of aromatic hydroxyl groups is 1. The van der Waals surface area contributed by atoms with Crippen molar-refractivity contribution in [2.75, 3.05) is 18.8 Å². The molecule has 0 amide bonds. The summed E-state index contributed by atoms with van der Waals surface area (Å²) < 4.78 is 37.4. The third-order valence-electron chi connectivity index (χ3n) is 3.16. The van der Waals surface area contributed by atoms with Gasteiger partial charge in [0.15, 0.2) is 0 Å². The monoisotopic (exact) mass is 272 g/mol. The molecule has 0 atom stereocenters. The number of nitrogens with two attached hydrogens (primary N) is 1. The molecule has 0 bridgehead atoms. The third kappa shape index (κ3) is 3.41. The molecule has 104 valence electrons. The number of alkyl halides is 3. The number of phenolic OH excluding ortho intramolecular Hbond substituents is 1. The zero-order chi connectivity index (χ0) is 14.0. The molecule has 19 heavy (non-hydrogen) atoms. The summed E-state index contributed by atoms with van der Waals surface area (Å²) in [4.78, 5) is 1.90. The average Bonchev–Trinajstić information content (AvgIpc) is 2.33. The number of hydrogen-bond acceptors (Lipinski definition) is 3. The minimum atomic E-state index is -4.21. The maximum Gasteiger partial charge on any atom is 0.412 e. The van der Waals surface area contributed by atoms with Gasteiger partial charge < -0.3 is 10.8 Å². The second kappa shape index (κ2) is 5.13. The first-order chi connectivity index (χ1) is 8.86. The Balaban J connectivity index is 1.99. The normalized spacial score (nSPS) is 17.3. The predicted octanol–water partition coefficient (Wildman–Crippen LogP) is 2.67. The first kappa shape index (κ1) is 13.7. The quantitative estimate of drug-likeness (QED) is 0.494. The molecule has 0 unspecified atom stereocenters. The van der Waals surface area contributed by atoms with Crippen LogP contribution in [0.5, 0.6) is 5.75 Å². The first-order valence-corrected chi connectivity index (χ1v) is 5.92. The molecule has 0 aromatic heterocycles. The summed E-state index contributed by atoms with van der Waals surface area (Å²) in [5.74, 6) is 0.0154. The van der Waals surface area contributed by atoms with Gasteiger partial charge in [0.2, 0.25) is 0 Å². The van der Waals surface area contributed by atoms with Gasteiger partial charge >= 0.3 is 6.18 Å². The average molecular weight is 272 g/mol. The Kier molecular flexibility index (Phi) is 3.71. The Morgan fingerprint density at radius 2 is 2.05 bits per heavy atom. The van der Waals surface area contributed by atoms with Crippen LogP contribution < -0.4 is 5.73 Å². The Bertz CT molecular complexity index is 497. The molecule has 1 heterocycles. The largest absolute Gasteiger partial charge is 0.506 e. The van der Waals surface area contributed by atoms with E-state index in [2.05, 4.69) is 0 Å². The highest BCUT2D eigenvalue weighted by molar-refractivity contribution is 5.53. The molecule has 1 aliphatic rings. The van der Waals surface area contributed by atoms with E-state index in [0.29, 0.717) is 13.1 Å². The van der Waals surface area contributed by atoms with Gasteiger partial charge in [-0.2, -0.15) is 13.2 Å². The van der Waals surface area contributed by atoms with Crippen molar-refractivity contribution in [1.82, 2.24) is 4.90 Å². The minimum Gasteiger partial charge on any atom is -0.506 e. The van der Waals surface area contributed by atoms with E-state index in [4.69, 9.17) is 5.73 Å². The van der Waals surface area contributed by atoms with E-state index in [-0.39, 0.29) is 24.4 Å². The van der Waals surface area contributed by atoms with Gasteiger partial charge in [0.1, 0.15) is 5.75 Å². The van der Waals surface area contributed by atoms with Gasteiger partial charge in [-0.05, 0) is 24.1 Å². The van der Waals surface area contributed by atoms with Gasteiger partial charge in [0.05, 0.1) is 5.69 Å². The molecule has 1 aromatic rings. The lowest BCUT2D eigenvalue weighted by molar-refractivity contribution is -0.0960. The van der Waals surface area contributed by atoms with Crippen molar-refractivity contribution in [2.45, 2.75) is 19.1 Å².